The van der Waals surface area contributed by atoms with Crippen LogP contribution in [0.1, 0.15) is 73.1 Å². The van der Waals surface area contributed by atoms with Crippen LogP contribution in [0.15, 0.2) is 12.1 Å². The fraction of sp³-hybridized carbons (Fsp3) is 0.630. The Hall–Kier alpha value is -2.98. The average molecular weight is 513 g/mol. The van der Waals surface area contributed by atoms with Gasteiger partial charge in [0.2, 0.25) is 11.8 Å². The van der Waals surface area contributed by atoms with E-state index in [1.165, 1.54) is 26.0 Å². The number of ether oxygens (including phenoxy) is 2. The van der Waals surface area contributed by atoms with E-state index in [0.29, 0.717) is 23.6 Å². The van der Waals surface area contributed by atoms with E-state index in [0.717, 1.165) is 43.3 Å². The van der Waals surface area contributed by atoms with E-state index in [2.05, 4.69) is 29.4 Å². The molecular formula is C27H36N4O6. The molecule has 3 aliphatic heterocycles. The first-order chi connectivity index (χ1) is 17.8. The molecule has 3 fully saturated rings. The van der Waals surface area contributed by atoms with Crippen LogP contribution in [-0.4, -0.2) is 84.4 Å². The van der Waals surface area contributed by atoms with E-state index in [-0.39, 0.29) is 30.1 Å². The zero-order valence-electron chi connectivity index (χ0n) is 21.7. The topological polar surface area (TPSA) is 117 Å². The Morgan fingerprint density at radius 2 is 1.65 bits per heavy atom. The molecule has 1 aromatic carbocycles. The summed E-state index contributed by atoms with van der Waals surface area (Å²) in [4.78, 5) is 53.7. The summed E-state index contributed by atoms with van der Waals surface area (Å²) in [6.07, 6.45) is 4.39. The van der Waals surface area contributed by atoms with E-state index in [1.54, 1.807) is 6.07 Å². The number of carbonyl (C=O) groups excluding carboxylic acids is 4. The van der Waals surface area contributed by atoms with Crippen LogP contribution in [0.3, 0.4) is 0 Å². The molecule has 4 amide bonds. The number of imide groups is 2. The van der Waals surface area contributed by atoms with Gasteiger partial charge in [-0.15, -0.1) is 0 Å². The summed E-state index contributed by atoms with van der Waals surface area (Å²) < 4.78 is 11.8. The van der Waals surface area contributed by atoms with Crippen molar-refractivity contribution in [2.45, 2.75) is 76.6 Å². The van der Waals surface area contributed by atoms with Crippen molar-refractivity contribution in [3.05, 3.63) is 23.3 Å². The standard InChI is InChI=1S/C27H36N4O6/c1-15(2)30(14-16-6-8-28-9-7-16)17-10-18(11-17)37-23-13-20-19(12-22(23)36-3)26(34)31(27(20)35)21-4-5-24(32)29-25(21)33/h12-13,15-18,21,28H,4-11,14H2,1-3H3,(H,29,32,33). The molecule has 10 heteroatoms. The minimum atomic E-state index is -1.00. The van der Waals surface area contributed by atoms with Crippen LogP contribution in [0.4, 0.5) is 0 Å². The first-order valence-corrected chi connectivity index (χ1v) is 13.3. The van der Waals surface area contributed by atoms with E-state index in [9.17, 15) is 19.2 Å². The fourth-order valence-electron chi connectivity index (χ4n) is 5.96. The van der Waals surface area contributed by atoms with Gasteiger partial charge in [0.05, 0.1) is 18.2 Å². The molecule has 0 bridgehead atoms. The van der Waals surface area contributed by atoms with Crippen molar-refractivity contribution in [1.29, 1.82) is 0 Å². The van der Waals surface area contributed by atoms with Gasteiger partial charge in [-0.1, -0.05) is 0 Å². The third-order valence-electron chi connectivity index (χ3n) is 8.15. The number of hydrogen-bond acceptors (Lipinski definition) is 8. The minimum Gasteiger partial charge on any atom is -0.493 e. The molecule has 2 N–H and O–H groups in total. The summed E-state index contributed by atoms with van der Waals surface area (Å²) >= 11 is 0. The summed E-state index contributed by atoms with van der Waals surface area (Å²) in [7, 11) is 1.50. The summed E-state index contributed by atoms with van der Waals surface area (Å²) in [5.41, 5.74) is 0.370. The number of nitrogens with zero attached hydrogens (tertiary/aromatic N) is 2. The quantitative estimate of drug-likeness (QED) is 0.506. The van der Waals surface area contributed by atoms with Gasteiger partial charge >= 0.3 is 0 Å². The van der Waals surface area contributed by atoms with Gasteiger partial charge in [-0.25, -0.2) is 0 Å². The lowest BCUT2D eigenvalue weighted by Crippen LogP contribution is -2.54. The third kappa shape index (κ3) is 4.96. The van der Waals surface area contributed by atoms with Crippen LogP contribution in [0.5, 0.6) is 11.5 Å². The molecule has 1 aromatic rings. The molecule has 1 unspecified atom stereocenters. The van der Waals surface area contributed by atoms with Crippen molar-refractivity contribution >= 4 is 23.6 Å². The lowest BCUT2D eigenvalue weighted by atomic mass is 9.85. The number of fused-ring (bicyclic) bond motifs is 1. The zero-order chi connectivity index (χ0) is 26.3. The molecule has 4 aliphatic rings. The molecule has 10 nitrogen and oxygen atoms in total. The van der Waals surface area contributed by atoms with Crippen molar-refractivity contribution in [3.8, 4) is 11.5 Å². The first-order valence-electron chi connectivity index (χ1n) is 13.3. The molecule has 0 spiro atoms. The average Bonchev–Trinajstić information content (AvgIpc) is 3.09. The molecule has 1 atom stereocenters. The molecule has 1 saturated carbocycles. The SMILES string of the molecule is COc1cc2c(cc1OC1CC(N(CC3CCNCC3)C(C)C)C1)C(=O)N(C1CCC(=O)NC1=O)C2=O. The van der Waals surface area contributed by atoms with Gasteiger partial charge < -0.3 is 14.8 Å². The molecule has 200 valence electrons. The lowest BCUT2D eigenvalue weighted by Gasteiger charge is -2.46. The van der Waals surface area contributed by atoms with Gasteiger partial charge in [-0.3, -0.25) is 34.3 Å². The predicted octanol–water partition coefficient (Wildman–Crippen LogP) is 1.72. The number of hydrogen-bond donors (Lipinski definition) is 2. The molecule has 3 heterocycles. The first kappa shape index (κ1) is 25.7. The van der Waals surface area contributed by atoms with Crippen molar-refractivity contribution in [1.82, 2.24) is 20.4 Å². The molecule has 2 saturated heterocycles. The van der Waals surface area contributed by atoms with Gasteiger partial charge in [0.15, 0.2) is 11.5 Å². The highest BCUT2D eigenvalue weighted by Crippen LogP contribution is 2.40. The van der Waals surface area contributed by atoms with E-state index >= 15 is 0 Å². The Morgan fingerprint density at radius 3 is 2.24 bits per heavy atom. The highest BCUT2D eigenvalue weighted by Gasteiger charge is 2.46. The summed E-state index contributed by atoms with van der Waals surface area (Å²) in [6, 6.07) is 2.98. The molecule has 0 aromatic heterocycles. The van der Waals surface area contributed by atoms with Gasteiger partial charge in [-0.05, 0) is 64.3 Å². The number of amides is 4. The van der Waals surface area contributed by atoms with E-state index < -0.39 is 29.7 Å². The van der Waals surface area contributed by atoms with Gasteiger partial charge in [0.1, 0.15) is 12.1 Å². The van der Waals surface area contributed by atoms with Gasteiger partial charge in [-0.2, -0.15) is 0 Å². The van der Waals surface area contributed by atoms with Crippen LogP contribution >= 0.6 is 0 Å². The number of piperidine rings is 2. The smallest absolute Gasteiger partial charge is 0.262 e. The monoisotopic (exact) mass is 512 g/mol. The molecule has 1 aliphatic carbocycles. The number of nitrogens with one attached hydrogen (secondary N) is 2. The van der Waals surface area contributed by atoms with Gasteiger partial charge in [0.25, 0.3) is 11.8 Å². The maximum Gasteiger partial charge on any atom is 0.262 e. The van der Waals surface area contributed by atoms with Crippen molar-refractivity contribution in [3.63, 3.8) is 0 Å². The van der Waals surface area contributed by atoms with Crippen molar-refractivity contribution < 1.29 is 28.7 Å². The predicted molar refractivity (Wildman–Crippen MR) is 135 cm³/mol. The fourth-order valence-corrected chi connectivity index (χ4v) is 5.96. The Labute approximate surface area is 217 Å². The maximum absolute atomic E-state index is 13.2. The normalized spacial score (nSPS) is 26.4. The minimum absolute atomic E-state index is 0.00957. The van der Waals surface area contributed by atoms with Crippen molar-refractivity contribution in [2.24, 2.45) is 5.92 Å². The maximum atomic E-state index is 13.2. The largest absolute Gasteiger partial charge is 0.493 e. The third-order valence-corrected chi connectivity index (χ3v) is 8.15. The molecule has 0 radical (unpaired) electrons. The second-order valence-electron chi connectivity index (χ2n) is 10.8. The second kappa shape index (κ2) is 10.4. The highest BCUT2D eigenvalue weighted by atomic mass is 16.5. The number of benzene rings is 1. The van der Waals surface area contributed by atoms with E-state index in [1.807, 2.05) is 0 Å². The number of carbonyl (C=O) groups is 4. The number of methoxy groups -OCH3 is 1. The van der Waals surface area contributed by atoms with Crippen molar-refractivity contribution in [2.75, 3.05) is 26.7 Å². The second-order valence-corrected chi connectivity index (χ2v) is 10.8. The Kier molecular flexibility index (Phi) is 7.22. The summed E-state index contributed by atoms with van der Waals surface area (Å²) in [5.74, 6) is -0.629. The van der Waals surface area contributed by atoms with Crippen LogP contribution in [0.2, 0.25) is 0 Å². The zero-order valence-corrected chi connectivity index (χ0v) is 21.7. The van der Waals surface area contributed by atoms with Crippen LogP contribution in [0.25, 0.3) is 0 Å². The molecule has 37 heavy (non-hydrogen) atoms. The molecule has 5 rings (SSSR count). The van der Waals surface area contributed by atoms with E-state index in [4.69, 9.17) is 9.47 Å². The van der Waals surface area contributed by atoms with Gasteiger partial charge in [0, 0.05) is 37.9 Å². The summed E-state index contributed by atoms with van der Waals surface area (Å²) in [5, 5.41) is 5.65. The Balaban J connectivity index is 1.27. The molecular weight excluding hydrogens is 476 g/mol. The van der Waals surface area contributed by atoms with Crippen LogP contribution in [-0.2, 0) is 9.59 Å². The lowest BCUT2D eigenvalue weighted by molar-refractivity contribution is -0.136. The highest BCUT2D eigenvalue weighted by molar-refractivity contribution is 6.23. The number of rotatable bonds is 8. The van der Waals surface area contributed by atoms with Crippen LogP contribution < -0.4 is 20.1 Å². The Bertz CT molecular complexity index is 1090. The van der Waals surface area contributed by atoms with Crippen LogP contribution in [0, 0.1) is 5.92 Å². The Morgan fingerprint density at radius 1 is 1.00 bits per heavy atom. The summed E-state index contributed by atoms with van der Waals surface area (Å²) in [6.45, 7) is 7.78.